The zero-order chi connectivity index (χ0) is 8.77. The number of H-pyrrole nitrogens is 1. The molecule has 12 heavy (non-hydrogen) atoms. The number of aromatic amines is 1. The Morgan fingerprint density at radius 2 is 2.42 bits per heavy atom. The molecule has 4 nitrogen and oxygen atoms in total. The number of aliphatic hydroxyl groups is 1. The summed E-state index contributed by atoms with van der Waals surface area (Å²) in [7, 11) is 0. The first kappa shape index (κ1) is 8.22. The number of nitrogens with zero attached hydrogens (tertiary/aromatic N) is 1. The lowest BCUT2D eigenvalue weighted by Crippen LogP contribution is -2.52. The van der Waals surface area contributed by atoms with Gasteiger partial charge in [0.25, 0.3) is 0 Å². The van der Waals surface area contributed by atoms with Crippen LogP contribution in [0.5, 0.6) is 0 Å². The molecule has 0 aliphatic heterocycles. The van der Waals surface area contributed by atoms with E-state index in [2.05, 4.69) is 26.1 Å². The Labute approximate surface area is 78.3 Å². The fourth-order valence-corrected chi connectivity index (χ4v) is 2.19. The van der Waals surface area contributed by atoms with Gasteiger partial charge in [-0.15, -0.1) is 0 Å². The van der Waals surface area contributed by atoms with E-state index >= 15 is 0 Å². The van der Waals surface area contributed by atoms with Crippen LogP contribution in [0.15, 0.2) is 10.7 Å². The van der Waals surface area contributed by atoms with Gasteiger partial charge < -0.3 is 10.8 Å². The normalized spacial score (nSPS) is 34.8. The Bertz CT molecular complexity index is 293. The van der Waals surface area contributed by atoms with Crippen molar-refractivity contribution in [1.82, 2.24) is 10.2 Å². The summed E-state index contributed by atoms with van der Waals surface area (Å²) in [5.41, 5.74) is 6.47. The molecular weight excluding hydrogens is 222 g/mol. The second kappa shape index (κ2) is 2.55. The zero-order valence-corrected chi connectivity index (χ0v) is 8.00. The molecule has 1 fully saturated rings. The lowest BCUT2D eigenvalue weighted by Gasteiger charge is -2.41. The molecule has 0 atom stereocenters. The quantitative estimate of drug-likeness (QED) is 0.659. The molecule has 0 unspecified atom stereocenters. The fourth-order valence-electron chi connectivity index (χ4n) is 1.61. The minimum absolute atomic E-state index is 0.259. The minimum atomic E-state index is -0.408. The van der Waals surface area contributed by atoms with Gasteiger partial charge in [0.1, 0.15) is 0 Å². The van der Waals surface area contributed by atoms with E-state index in [0.29, 0.717) is 12.8 Å². The van der Waals surface area contributed by atoms with E-state index in [1.165, 1.54) is 0 Å². The molecule has 0 aromatic carbocycles. The van der Waals surface area contributed by atoms with Crippen molar-refractivity contribution in [3.05, 3.63) is 16.4 Å². The fraction of sp³-hybridized carbons (Fsp3) is 0.571. The monoisotopic (exact) mass is 231 g/mol. The van der Waals surface area contributed by atoms with E-state index in [1.54, 1.807) is 6.20 Å². The summed E-state index contributed by atoms with van der Waals surface area (Å²) in [6, 6.07) is 0. The van der Waals surface area contributed by atoms with Crippen molar-refractivity contribution >= 4 is 15.9 Å². The first-order valence-corrected chi connectivity index (χ1v) is 4.57. The molecule has 5 heteroatoms. The molecule has 0 bridgehead atoms. The highest BCUT2D eigenvalue weighted by Crippen LogP contribution is 2.40. The van der Waals surface area contributed by atoms with Crippen LogP contribution in [-0.2, 0) is 5.54 Å². The summed E-state index contributed by atoms with van der Waals surface area (Å²) < 4.78 is 0.886. The Morgan fingerprint density at radius 1 is 1.75 bits per heavy atom. The molecular formula is C7H10BrN3O. The van der Waals surface area contributed by atoms with Crippen LogP contribution in [0, 0.1) is 0 Å². The van der Waals surface area contributed by atoms with Crippen LogP contribution < -0.4 is 5.73 Å². The van der Waals surface area contributed by atoms with Gasteiger partial charge in [-0.2, -0.15) is 5.10 Å². The molecule has 1 aliphatic rings. The van der Waals surface area contributed by atoms with E-state index < -0.39 is 5.54 Å². The van der Waals surface area contributed by atoms with Gasteiger partial charge in [-0.25, -0.2) is 0 Å². The zero-order valence-electron chi connectivity index (χ0n) is 6.42. The highest BCUT2D eigenvalue weighted by atomic mass is 79.9. The molecule has 0 spiro atoms. The predicted octanol–water partition coefficient (Wildman–Crippen LogP) is 0.481. The minimum Gasteiger partial charge on any atom is -0.393 e. The third kappa shape index (κ3) is 1.09. The smallest absolute Gasteiger partial charge is 0.0694 e. The summed E-state index contributed by atoms with van der Waals surface area (Å²) in [6.07, 6.45) is 2.63. The van der Waals surface area contributed by atoms with Gasteiger partial charge >= 0.3 is 0 Å². The maximum Gasteiger partial charge on any atom is 0.0694 e. The average molecular weight is 232 g/mol. The molecule has 4 N–H and O–H groups in total. The van der Waals surface area contributed by atoms with Gasteiger partial charge in [-0.05, 0) is 28.8 Å². The largest absolute Gasteiger partial charge is 0.393 e. The lowest BCUT2D eigenvalue weighted by molar-refractivity contribution is 0.0185. The van der Waals surface area contributed by atoms with Crippen molar-refractivity contribution in [2.75, 3.05) is 0 Å². The number of halogens is 1. The lowest BCUT2D eigenvalue weighted by atomic mass is 9.73. The van der Waals surface area contributed by atoms with Gasteiger partial charge in [-0.3, -0.25) is 5.10 Å². The van der Waals surface area contributed by atoms with Gasteiger partial charge in [0.05, 0.1) is 28.0 Å². The molecule has 1 saturated carbocycles. The molecule has 0 amide bonds. The number of hydrogen-bond acceptors (Lipinski definition) is 3. The van der Waals surface area contributed by atoms with Gasteiger partial charge in [-0.1, -0.05) is 0 Å². The molecule has 66 valence electrons. The standard InChI is InChI=1S/C7H10BrN3O/c8-5-3-10-11-6(5)7(9)1-4(12)2-7/h3-4,12H,1-2,9H2,(H,10,11). The second-order valence-corrected chi connectivity index (χ2v) is 4.17. The number of aliphatic hydroxyl groups excluding tert-OH is 1. The van der Waals surface area contributed by atoms with Crippen molar-refractivity contribution in [2.24, 2.45) is 5.73 Å². The summed E-state index contributed by atoms with van der Waals surface area (Å²) in [6.45, 7) is 0. The Hall–Kier alpha value is -0.390. The van der Waals surface area contributed by atoms with Crippen LogP contribution in [0.3, 0.4) is 0 Å². The highest BCUT2D eigenvalue weighted by molar-refractivity contribution is 9.10. The predicted molar refractivity (Wildman–Crippen MR) is 47.4 cm³/mol. The summed E-state index contributed by atoms with van der Waals surface area (Å²) >= 11 is 3.34. The Balaban J connectivity index is 2.26. The van der Waals surface area contributed by atoms with E-state index in [0.717, 1.165) is 10.2 Å². The molecule has 1 heterocycles. The Kier molecular flexibility index (Phi) is 1.75. The van der Waals surface area contributed by atoms with Crippen molar-refractivity contribution in [3.63, 3.8) is 0 Å². The van der Waals surface area contributed by atoms with E-state index in [4.69, 9.17) is 10.8 Å². The second-order valence-electron chi connectivity index (χ2n) is 3.31. The van der Waals surface area contributed by atoms with Crippen LogP contribution in [-0.4, -0.2) is 21.4 Å². The molecule has 1 aliphatic carbocycles. The van der Waals surface area contributed by atoms with Gasteiger partial charge in [0.2, 0.25) is 0 Å². The average Bonchev–Trinajstić information content (AvgIpc) is 2.32. The van der Waals surface area contributed by atoms with Crippen molar-refractivity contribution in [2.45, 2.75) is 24.5 Å². The number of nitrogens with two attached hydrogens (primary N) is 1. The molecule has 0 radical (unpaired) electrons. The van der Waals surface area contributed by atoms with Crippen molar-refractivity contribution in [3.8, 4) is 0 Å². The topological polar surface area (TPSA) is 74.9 Å². The van der Waals surface area contributed by atoms with Crippen molar-refractivity contribution in [1.29, 1.82) is 0 Å². The van der Waals surface area contributed by atoms with E-state index in [9.17, 15) is 0 Å². The third-order valence-corrected chi connectivity index (χ3v) is 2.89. The van der Waals surface area contributed by atoms with E-state index in [-0.39, 0.29) is 6.10 Å². The summed E-state index contributed by atoms with van der Waals surface area (Å²) in [4.78, 5) is 0. The summed E-state index contributed by atoms with van der Waals surface area (Å²) in [5.74, 6) is 0. The SMILES string of the molecule is NC1(c2[nH]ncc2Br)CC(O)C1. The molecule has 2 rings (SSSR count). The maximum atomic E-state index is 9.14. The summed E-state index contributed by atoms with van der Waals surface area (Å²) in [5, 5.41) is 15.8. The Morgan fingerprint density at radius 3 is 2.83 bits per heavy atom. The third-order valence-electron chi connectivity index (χ3n) is 2.29. The maximum absolute atomic E-state index is 9.14. The molecule has 1 aromatic rings. The van der Waals surface area contributed by atoms with Crippen LogP contribution >= 0.6 is 15.9 Å². The van der Waals surface area contributed by atoms with Crippen molar-refractivity contribution < 1.29 is 5.11 Å². The number of rotatable bonds is 1. The number of nitrogens with one attached hydrogen (secondary N) is 1. The molecule has 1 aromatic heterocycles. The number of hydrogen-bond donors (Lipinski definition) is 3. The van der Waals surface area contributed by atoms with Crippen LogP contribution in [0.4, 0.5) is 0 Å². The van der Waals surface area contributed by atoms with Crippen LogP contribution in [0.1, 0.15) is 18.5 Å². The first-order chi connectivity index (χ1) is 5.62. The van der Waals surface area contributed by atoms with Gasteiger partial charge in [0, 0.05) is 0 Å². The highest BCUT2D eigenvalue weighted by Gasteiger charge is 2.43. The van der Waals surface area contributed by atoms with E-state index in [1.807, 2.05) is 0 Å². The number of aromatic nitrogens is 2. The van der Waals surface area contributed by atoms with Crippen LogP contribution in [0.25, 0.3) is 0 Å². The first-order valence-electron chi connectivity index (χ1n) is 3.78. The van der Waals surface area contributed by atoms with Gasteiger partial charge in [0.15, 0.2) is 0 Å². The van der Waals surface area contributed by atoms with Crippen LogP contribution in [0.2, 0.25) is 0 Å². The molecule has 0 saturated heterocycles.